The molecule has 0 radical (unpaired) electrons. The Kier molecular flexibility index (Phi) is 4.78. The lowest BCUT2D eigenvalue weighted by atomic mass is 10.1. The lowest BCUT2D eigenvalue weighted by molar-refractivity contribution is -0.132. The smallest absolute Gasteiger partial charge is 0.331 e. The van der Waals surface area contributed by atoms with E-state index in [4.69, 9.17) is 5.11 Å². The van der Waals surface area contributed by atoms with Gasteiger partial charge >= 0.3 is 5.97 Å². The molecule has 0 atom stereocenters. The molecule has 0 amide bonds. The van der Waals surface area contributed by atoms with Crippen molar-refractivity contribution in [1.82, 2.24) is 4.90 Å². The van der Waals surface area contributed by atoms with Gasteiger partial charge in [0.2, 0.25) is 0 Å². The van der Waals surface area contributed by atoms with Crippen LogP contribution in [-0.4, -0.2) is 46.8 Å². The molecular formula is C11H19NO3. The summed E-state index contributed by atoms with van der Waals surface area (Å²) in [7, 11) is 0. The number of hydrogen-bond donors (Lipinski definition) is 2. The molecular weight excluding hydrogens is 194 g/mol. The van der Waals surface area contributed by atoms with Crippen molar-refractivity contribution in [3.8, 4) is 0 Å². The van der Waals surface area contributed by atoms with E-state index in [2.05, 4.69) is 4.90 Å². The molecule has 0 unspecified atom stereocenters. The topological polar surface area (TPSA) is 60.8 Å². The number of carboxylic acids is 1. The first kappa shape index (κ1) is 12.2. The van der Waals surface area contributed by atoms with Gasteiger partial charge in [-0.25, -0.2) is 4.79 Å². The van der Waals surface area contributed by atoms with Gasteiger partial charge < -0.3 is 10.2 Å². The molecule has 2 N–H and O–H groups in total. The van der Waals surface area contributed by atoms with Gasteiger partial charge in [0.25, 0.3) is 0 Å². The van der Waals surface area contributed by atoms with Crippen LogP contribution in [0.2, 0.25) is 0 Å². The zero-order valence-electron chi connectivity index (χ0n) is 9.15. The summed E-state index contributed by atoms with van der Waals surface area (Å²) in [6.45, 7) is 4.24. The van der Waals surface area contributed by atoms with Crippen molar-refractivity contribution in [2.75, 3.05) is 19.6 Å². The Balaban J connectivity index is 2.38. The van der Waals surface area contributed by atoms with Crippen molar-refractivity contribution in [2.45, 2.75) is 32.3 Å². The summed E-state index contributed by atoms with van der Waals surface area (Å²) >= 11 is 0. The Hall–Kier alpha value is -0.870. The number of aliphatic carboxylic acids is 1. The minimum absolute atomic E-state index is 0.171. The van der Waals surface area contributed by atoms with Crippen LogP contribution in [0.1, 0.15) is 26.2 Å². The third kappa shape index (κ3) is 4.01. The molecule has 1 heterocycles. The zero-order valence-corrected chi connectivity index (χ0v) is 9.15. The van der Waals surface area contributed by atoms with Gasteiger partial charge in [0.1, 0.15) is 0 Å². The molecule has 0 bridgehead atoms. The van der Waals surface area contributed by atoms with Crippen LogP contribution in [-0.2, 0) is 4.79 Å². The number of rotatable bonds is 4. The fourth-order valence-electron chi connectivity index (χ4n) is 1.72. The molecule has 1 aliphatic rings. The predicted octanol–water partition coefficient (Wildman–Crippen LogP) is 0.864. The van der Waals surface area contributed by atoms with Gasteiger partial charge in [0, 0.05) is 25.2 Å². The maximum Gasteiger partial charge on any atom is 0.331 e. The number of aliphatic hydroxyl groups excluding tert-OH is 1. The molecule has 4 nitrogen and oxygen atoms in total. The van der Waals surface area contributed by atoms with Crippen molar-refractivity contribution in [2.24, 2.45) is 0 Å². The Labute approximate surface area is 90.2 Å². The van der Waals surface area contributed by atoms with E-state index in [1.165, 1.54) is 0 Å². The van der Waals surface area contributed by atoms with Gasteiger partial charge in [0.05, 0.1) is 6.10 Å². The van der Waals surface area contributed by atoms with E-state index in [-0.39, 0.29) is 6.10 Å². The van der Waals surface area contributed by atoms with E-state index in [0.717, 1.165) is 25.9 Å². The molecule has 0 aromatic rings. The minimum atomic E-state index is -0.824. The van der Waals surface area contributed by atoms with Crippen molar-refractivity contribution < 1.29 is 15.0 Å². The average molecular weight is 213 g/mol. The number of nitrogens with zero attached hydrogens (tertiary/aromatic N) is 1. The van der Waals surface area contributed by atoms with Gasteiger partial charge in [0.15, 0.2) is 0 Å². The van der Waals surface area contributed by atoms with E-state index < -0.39 is 5.97 Å². The van der Waals surface area contributed by atoms with Crippen molar-refractivity contribution in [3.63, 3.8) is 0 Å². The second-order valence-corrected chi connectivity index (χ2v) is 3.92. The number of likely N-dealkylation sites (tertiary alicyclic amines) is 1. The maximum absolute atomic E-state index is 10.7. The third-order valence-electron chi connectivity index (χ3n) is 2.81. The van der Waals surface area contributed by atoms with E-state index in [0.29, 0.717) is 18.5 Å². The van der Waals surface area contributed by atoms with Crippen LogP contribution in [0.15, 0.2) is 11.6 Å². The van der Waals surface area contributed by atoms with Crippen LogP contribution < -0.4 is 0 Å². The average Bonchev–Trinajstić information content (AvgIpc) is 2.21. The number of piperidine rings is 1. The van der Waals surface area contributed by atoms with E-state index >= 15 is 0 Å². The molecule has 0 aliphatic carbocycles. The molecule has 1 saturated heterocycles. The lowest BCUT2D eigenvalue weighted by Crippen LogP contribution is -2.36. The van der Waals surface area contributed by atoms with Crippen LogP contribution in [0, 0.1) is 0 Å². The van der Waals surface area contributed by atoms with Crippen LogP contribution in [0.3, 0.4) is 0 Å². The largest absolute Gasteiger partial charge is 0.478 e. The Morgan fingerprint density at radius 2 is 2.07 bits per heavy atom. The third-order valence-corrected chi connectivity index (χ3v) is 2.81. The highest BCUT2D eigenvalue weighted by molar-refractivity contribution is 5.86. The summed E-state index contributed by atoms with van der Waals surface area (Å²) < 4.78 is 0. The monoisotopic (exact) mass is 213 g/mol. The maximum atomic E-state index is 10.7. The van der Waals surface area contributed by atoms with Gasteiger partial charge in [-0.1, -0.05) is 13.0 Å². The van der Waals surface area contributed by atoms with E-state index in [1.54, 1.807) is 6.08 Å². The van der Waals surface area contributed by atoms with Crippen LogP contribution in [0.25, 0.3) is 0 Å². The first-order chi connectivity index (χ1) is 7.13. The Morgan fingerprint density at radius 3 is 2.53 bits per heavy atom. The summed E-state index contributed by atoms with van der Waals surface area (Å²) in [5, 5.41) is 18.1. The molecule has 4 heteroatoms. The quantitative estimate of drug-likeness (QED) is 0.680. The van der Waals surface area contributed by atoms with Crippen molar-refractivity contribution >= 4 is 5.97 Å². The number of hydrogen-bond acceptors (Lipinski definition) is 3. The zero-order chi connectivity index (χ0) is 11.3. The van der Waals surface area contributed by atoms with Crippen molar-refractivity contribution in [1.29, 1.82) is 0 Å². The molecule has 0 aromatic carbocycles. The predicted molar refractivity (Wildman–Crippen MR) is 57.7 cm³/mol. The molecule has 1 rings (SSSR count). The fourth-order valence-corrected chi connectivity index (χ4v) is 1.72. The SMILES string of the molecule is CCC(=CCN1CCC(O)CC1)C(=O)O. The summed E-state index contributed by atoms with van der Waals surface area (Å²) in [6.07, 6.45) is 3.76. The first-order valence-electron chi connectivity index (χ1n) is 5.46. The summed E-state index contributed by atoms with van der Waals surface area (Å²) in [4.78, 5) is 12.9. The molecule has 0 saturated carbocycles. The van der Waals surface area contributed by atoms with Crippen LogP contribution in [0.4, 0.5) is 0 Å². The number of carboxylic acid groups (broad SMARTS) is 1. The molecule has 1 aliphatic heterocycles. The van der Waals surface area contributed by atoms with Gasteiger partial charge in [-0.05, 0) is 19.3 Å². The summed E-state index contributed by atoms with van der Waals surface area (Å²) in [5.74, 6) is -0.824. The fraction of sp³-hybridized carbons (Fsp3) is 0.727. The molecule has 0 spiro atoms. The number of aliphatic hydroxyl groups is 1. The molecule has 15 heavy (non-hydrogen) atoms. The highest BCUT2D eigenvalue weighted by Gasteiger charge is 2.16. The lowest BCUT2D eigenvalue weighted by Gasteiger charge is -2.28. The van der Waals surface area contributed by atoms with Crippen LogP contribution >= 0.6 is 0 Å². The van der Waals surface area contributed by atoms with Crippen LogP contribution in [0.5, 0.6) is 0 Å². The Bertz CT molecular complexity index is 242. The molecule has 1 fully saturated rings. The summed E-state index contributed by atoms with van der Waals surface area (Å²) in [6, 6.07) is 0. The van der Waals surface area contributed by atoms with E-state index in [9.17, 15) is 9.90 Å². The molecule has 86 valence electrons. The van der Waals surface area contributed by atoms with Crippen molar-refractivity contribution in [3.05, 3.63) is 11.6 Å². The second-order valence-electron chi connectivity index (χ2n) is 3.92. The standard InChI is InChI=1S/C11H19NO3/c1-2-9(11(14)15)3-6-12-7-4-10(13)5-8-12/h3,10,13H,2,4-8H2,1H3,(H,14,15). The second kappa shape index (κ2) is 5.88. The van der Waals surface area contributed by atoms with E-state index in [1.807, 2.05) is 6.92 Å². The molecule has 0 aromatic heterocycles. The first-order valence-corrected chi connectivity index (χ1v) is 5.46. The highest BCUT2D eigenvalue weighted by Crippen LogP contribution is 2.10. The number of carbonyl (C=O) groups is 1. The van der Waals surface area contributed by atoms with Gasteiger partial charge in [-0.3, -0.25) is 4.90 Å². The summed E-state index contributed by atoms with van der Waals surface area (Å²) in [5.41, 5.74) is 0.473. The normalized spacial score (nSPS) is 20.5. The van der Waals surface area contributed by atoms with Gasteiger partial charge in [-0.15, -0.1) is 0 Å². The minimum Gasteiger partial charge on any atom is -0.478 e. The van der Waals surface area contributed by atoms with Gasteiger partial charge in [-0.2, -0.15) is 0 Å². The highest BCUT2D eigenvalue weighted by atomic mass is 16.4. The Morgan fingerprint density at radius 1 is 1.47 bits per heavy atom.